The number of rotatable bonds is 6. The molecule has 4 aromatic rings. The van der Waals surface area contributed by atoms with Crippen LogP contribution in [0.25, 0.3) is 11.1 Å². The second-order valence-electron chi connectivity index (χ2n) is 6.74. The van der Waals surface area contributed by atoms with Crippen LogP contribution in [-0.2, 0) is 13.1 Å². The molecule has 0 aliphatic rings. The van der Waals surface area contributed by atoms with Crippen LogP contribution < -0.4 is 5.32 Å². The average molecular weight is 388 g/mol. The van der Waals surface area contributed by atoms with Crippen molar-refractivity contribution in [1.29, 1.82) is 0 Å². The molecule has 0 unspecified atom stereocenters. The standard InChI is InChI=1S/C23H21N3OS/c1-17-6-8-20(9-7-17)21-10-13-28-22(21)23(27)24-15-18-4-2-5-19(14-18)16-26-12-3-11-25-26/h2-14H,15-16H2,1H3,(H,24,27). The van der Waals surface area contributed by atoms with E-state index in [0.717, 1.165) is 33.7 Å². The van der Waals surface area contributed by atoms with Crippen LogP contribution in [0, 0.1) is 6.92 Å². The zero-order valence-corrected chi connectivity index (χ0v) is 16.4. The molecule has 0 atom stereocenters. The third kappa shape index (κ3) is 4.21. The highest BCUT2D eigenvalue weighted by Gasteiger charge is 2.14. The van der Waals surface area contributed by atoms with Gasteiger partial charge in [-0.25, -0.2) is 0 Å². The van der Waals surface area contributed by atoms with Gasteiger partial charge in [0.25, 0.3) is 5.91 Å². The summed E-state index contributed by atoms with van der Waals surface area (Å²) in [4.78, 5) is 13.5. The van der Waals surface area contributed by atoms with Crippen molar-refractivity contribution in [1.82, 2.24) is 15.1 Å². The molecule has 2 heterocycles. The lowest BCUT2D eigenvalue weighted by molar-refractivity contribution is 0.0955. The van der Waals surface area contributed by atoms with E-state index >= 15 is 0 Å². The maximum absolute atomic E-state index is 12.8. The number of nitrogens with one attached hydrogen (secondary N) is 1. The number of aromatic nitrogens is 2. The fourth-order valence-corrected chi connectivity index (χ4v) is 3.96. The lowest BCUT2D eigenvalue weighted by Crippen LogP contribution is -2.22. The van der Waals surface area contributed by atoms with Gasteiger partial charge in [0.2, 0.25) is 0 Å². The van der Waals surface area contributed by atoms with Crippen molar-refractivity contribution in [3.05, 3.63) is 100 Å². The largest absolute Gasteiger partial charge is 0.347 e. The molecule has 0 aliphatic heterocycles. The summed E-state index contributed by atoms with van der Waals surface area (Å²) in [6, 6.07) is 20.4. The molecular weight excluding hydrogens is 366 g/mol. The smallest absolute Gasteiger partial charge is 0.262 e. The number of hydrogen-bond acceptors (Lipinski definition) is 3. The van der Waals surface area contributed by atoms with Gasteiger partial charge >= 0.3 is 0 Å². The molecule has 0 saturated carbocycles. The maximum Gasteiger partial charge on any atom is 0.262 e. The van der Waals surface area contributed by atoms with Gasteiger partial charge in [0.1, 0.15) is 0 Å². The second kappa shape index (κ2) is 8.23. The summed E-state index contributed by atoms with van der Waals surface area (Å²) in [5.41, 5.74) is 5.49. The summed E-state index contributed by atoms with van der Waals surface area (Å²) < 4.78 is 1.89. The first-order chi connectivity index (χ1) is 13.7. The minimum Gasteiger partial charge on any atom is -0.347 e. The van der Waals surface area contributed by atoms with Gasteiger partial charge in [0.05, 0.1) is 11.4 Å². The molecule has 0 radical (unpaired) electrons. The van der Waals surface area contributed by atoms with Gasteiger partial charge in [-0.15, -0.1) is 11.3 Å². The highest BCUT2D eigenvalue weighted by atomic mass is 32.1. The number of thiophene rings is 1. The van der Waals surface area contributed by atoms with Gasteiger partial charge < -0.3 is 5.32 Å². The van der Waals surface area contributed by atoms with Crippen LogP contribution in [0.3, 0.4) is 0 Å². The van der Waals surface area contributed by atoms with Crippen molar-refractivity contribution < 1.29 is 4.79 Å². The summed E-state index contributed by atoms with van der Waals surface area (Å²) in [5.74, 6) is -0.0388. The van der Waals surface area contributed by atoms with E-state index in [1.165, 1.54) is 16.9 Å². The highest BCUT2D eigenvalue weighted by molar-refractivity contribution is 7.12. The molecule has 0 saturated heterocycles. The predicted molar refractivity (Wildman–Crippen MR) is 113 cm³/mol. The van der Waals surface area contributed by atoms with Crippen molar-refractivity contribution >= 4 is 17.2 Å². The SMILES string of the molecule is Cc1ccc(-c2ccsc2C(=O)NCc2cccc(Cn3cccn3)c2)cc1. The molecule has 2 aromatic heterocycles. The number of nitrogens with zero attached hydrogens (tertiary/aromatic N) is 2. The highest BCUT2D eigenvalue weighted by Crippen LogP contribution is 2.28. The molecular formula is C23H21N3OS. The third-order valence-electron chi connectivity index (χ3n) is 4.58. The molecule has 0 aliphatic carbocycles. The van der Waals surface area contributed by atoms with E-state index in [1.54, 1.807) is 6.20 Å². The molecule has 4 nitrogen and oxygen atoms in total. The van der Waals surface area contributed by atoms with Crippen LogP contribution in [0.1, 0.15) is 26.4 Å². The third-order valence-corrected chi connectivity index (χ3v) is 5.50. The number of amides is 1. The minimum atomic E-state index is -0.0388. The van der Waals surface area contributed by atoms with E-state index in [2.05, 4.69) is 53.7 Å². The Balaban J connectivity index is 1.44. The molecule has 28 heavy (non-hydrogen) atoms. The van der Waals surface area contributed by atoms with Crippen LogP contribution in [-0.4, -0.2) is 15.7 Å². The van der Waals surface area contributed by atoms with E-state index in [9.17, 15) is 4.79 Å². The van der Waals surface area contributed by atoms with Gasteiger partial charge in [-0.1, -0.05) is 54.1 Å². The summed E-state index contributed by atoms with van der Waals surface area (Å²) in [7, 11) is 0. The normalized spacial score (nSPS) is 10.8. The number of carbonyl (C=O) groups excluding carboxylic acids is 1. The first-order valence-electron chi connectivity index (χ1n) is 9.17. The fourth-order valence-electron chi connectivity index (χ4n) is 3.13. The molecule has 0 fully saturated rings. The Morgan fingerprint density at radius 2 is 1.89 bits per heavy atom. The van der Waals surface area contributed by atoms with Gasteiger partial charge in [-0.05, 0) is 41.1 Å². The van der Waals surface area contributed by atoms with Crippen LogP contribution in [0.5, 0.6) is 0 Å². The molecule has 1 amide bonds. The molecule has 5 heteroatoms. The van der Waals surface area contributed by atoms with E-state index < -0.39 is 0 Å². The van der Waals surface area contributed by atoms with Crippen LogP contribution in [0.15, 0.2) is 78.4 Å². The van der Waals surface area contributed by atoms with E-state index in [-0.39, 0.29) is 5.91 Å². The average Bonchev–Trinajstić information content (AvgIpc) is 3.39. The summed E-state index contributed by atoms with van der Waals surface area (Å²) in [5, 5.41) is 9.27. The minimum absolute atomic E-state index is 0.0388. The second-order valence-corrected chi connectivity index (χ2v) is 7.65. The Morgan fingerprint density at radius 3 is 2.68 bits per heavy atom. The molecule has 0 spiro atoms. The Kier molecular flexibility index (Phi) is 5.35. The van der Waals surface area contributed by atoms with Crippen LogP contribution in [0.4, 0.5) is 0 Å². The zero-order chi connectivity index (χ0) is 19.3. The fraction of sp³-hybridized carbons (Fsp3) is 0.130. The Bertz CT molecular complexity index is 1070. The Labute approximate surface area is 168 Å². The van der Waals surface area contributed by atoms with E-state index in [4.69, 9.17) is 0 Å². The van der Waals surface area contributed by atoms with Crippen molar-refractivity contribution in [2.24, 2.45) is 0 Å². The van der Waals surface area contributed by atoms with Crippen molar-refractivity contribution in [2.75, 3.05) is 0 Å². The van der Waals surface area contributed by atoms with Crippen molar-refractivity contribution in [3.63, 3.8) is 0 Å². The Morgan fingerprint density at radius 1 is 1.07 bits per heavy atom. The Hall–Kier alpha value is -3.18. The van der Waals surface area contributed by atoms with E-state index in [0.29, 0.717) is 6.54 Å². The van der Waals surface area contributed by atoms with Crippen molar-refractivity contribution in [2.45, 2.75) is 20.0 Å². The molecule has 4 rings (SSSR count). The first-order valence-corrected chi connectivity index (χ1v) is 10.0. The first kappa shape index (κ1) is 18.2. The number of hydrogen-bond donors (Lipinski definition) is 1. The van der Waals surface area contributed by atoms with Crippen molar-refractivity contribution in [3.8, 4) is 11.1 Å². The van der Waals surface area contributed by atoms with Gasteiger partial charge in [-0.3, -0.25) is 9.48 Å². The van der Waals surface area contributed by atoms with Gasteiger partial charge in [0.15, 0.2) is 0 Å². The maximum atomic E-state index is 12.8. The number of benzene rings is 2. The zero-order valence-electron chi connectivity index (χ0n) is 15.6. The number of aryl methyl sites for hydroxylation is 1. The quantitative estimate of drug-likeness (QED) is 0.512. The summed E-state index contributed by atoms with van der Waals surface area (Å²) in [6.07, 6.45) is 3.72. The van der Waals surface area contributed by atoms with Crippen LogP contribution in [0.2, 0.25) is 0 Å². The molecule has 140 valence electrons. The molecule has 2 aromatic carbocycles. The predicted octanol–water partition coefficient (Wildman–Crippen LogP) is 4.90. The monoisotopic (exact) mass is 387 g/mol. The van der Waals surface area contributed by atoms with Crippen LogP contribution >= 0.6 is 11.3 Å². The molecule has 1 N–H and O–H groups in total. The van der Waals surface area contributed by atoms with Gasteiger partial charge in [-0.2, -0.15) is 5.10 Å². The lowest BCUT2D eigenvalue weighted by atomic mass is 10.0. The van der Waals surface area contributed by atoms with Gasteiger partial charge in [0, 0.05) is 24.5 Å². The van der Waals surface area contributed by atoms with E-state index in [1.807, 2.05) is 40.5 Å². The summed E-state index contributed by atoms with van der Waals surface area (Å²) in [6.45, 7) is 3.28. The summed E-state index contributed by atoms with van der Waals surface area (Å²) >= 11 is 1.47. The topological polar surface area (TPSA) is 46.9 Å². The molecule has 0 bridgehead atoms. The lowest BCUT2D eigenvalue weighted by Gasteiger charge is -2.09. The number of carbonyl (C=O) groups is 1.